The molecule has 0 saturated carbocycles. The molecule has 5 heteroatoms. The van der Waals surface area contributed by atoms with Crippen molar-refractivity contribution in [1.82, 2.24) is 9.55 Å². The summed E-state index contributed by atoms with van der Waals surface area (Å²) >= 11 is 0. The maximum absolute atomic E-state index is 12.1. The summed E-state index contributed by atoms with van der Waals surface area (Å²) in [5.41, 5.74) is 0.498. The summed E-state index contributed by atoms with van der Waals surface area (Å²) < 4.78 is 1.32. The summed E-state index contributed by atoms with van der Waals surface area (Å²) in [6, 6.07) is 9.37. The fourth-order valence-electron chi connectivity index (χ4n) is 1.90. The molecule has 0 amide bonds. The van der Waals surface area contributed by atoms with Crippen LogP contribution < -0.4 is 5.56 Å². The van der Waals surface area contributed by atoms with Crippen molar-refractivity contribution in [2.45, 2.75) is 19.9 Å². The zero-order valence-electron chi connectivity index (χ0n) is 10.5. The van der Waals surface area contributed by atoms with Gasteiger partial charge in [0, 0.05) is 0 Å². The third-order valence-corrected chi connectivity index (χ3v) is 2.86. The van der Waals surface area contributed by atoms with Gasteiger partial charge in [0.25, 0.3) is 5.56 Å². The first-order valence-electron chi connectivity index (χ1n) is 5.99. The molecule has 5 nitrogen and oxygen atoms in total. The van der Waals surface area contributed by atoms with Crippen molar-refractivity contribution in [3.63, 3.8) is 0 Å². The Hall–Kier alpha value is -2.43. The Kier molecular flexibility index (Phi) is 3.75. The molecule has 0 saturated heterocycles. The summed E-state index contributed by atoms with van der Waals surface area (Å²) in [4.78, 5) is 27.3. The van der Waals surface area contributed by atoms with Crippen molar-refractivity contribution < 1.29 is 9.90 Å². The van der Waals surface area contributed by atoms with Gasteiger partial charge in [0.15, 0.2) is 0 Å². The molecule has 0 spiro atoms. The number of hydrogen-bond donors (Lipinski definition) is 1. The van der Waals surface area contributed by atoms with Gasteiger partial charge in [0.05, 0.1) is 18.6 Å². The Labute approximate surface area is 110 Å². The summed E-state index contributed by atoms with van der Waals surface area (Å²) in [6.45, 7) is 2.09. The van der Waals surface area contributed by atoms with Crippen molar-refractivity contribution in [3.05, 3.63) is 63.8 Å². The SMILES string of the molecule is CCc1ncn(Cc2ccccc2)c(=O)c1C(=O)O. The largest absolute Gasteiger partial charge is 0.477 e. The molecule has 98 valence electrons. The third-order valence-electron chi connectivity index (χ3n) is 2.86. The van der Waals surface area contributed by atoms with E-state index in [0.717, 1.165) is 5.56 Å². The first-order valence-corrected chi connectivity index (χ1v) is 5.99. The van der Waals surface area contributed by atoms with E-state index in [2.05, 4.69) is 4.98 Å². The lowest BCUT2D eigenvalue weighted by atomic mass is 10.2. The van der Waals surface area contributed by atoms with Crippen LogP contribution in [0.25, 0.3) is 0 Å². The van der Waals surface area contributed by atoms with E-state index >= 15 is 0 Å². The lowest BCUT2D eigenvalue weighted by Gasteiger charge is -2.08. The Morgan fingerprint density at radius 1 is 1.32 bits per heavy atom. The number of hydrogen-bond acceptors (Lipinski definition) is 3. The van der Waals surface area contributed by atoms with E-state index in [0.29, 0.717) is 18.7 Å². The number of aryl methyl sites for hydroxylation is 1. The average molecular weight is 258 g/mol. The zero-order chi connectivity index (χ0) is 13.8. The van der Waals surface area contributed by atoms with Crippen LogP contribution >= 0.6 is 0 Å². The van der Waals surface area contributed by atoms with Crippen molar-refractivity contribution in [3.8, 4) is 0 Å². The van der Waals surface area contributed by atoms with Gasteiger partial charge in [-0.15, -0.1) is 0 Å². The van der Waals surface area contributed by atoms with Crippen LogP contribution in [-0.4, -0.2) is 20.6 Å². The minimum Gasteiger partial charge on any atom is -0.477 e. The molecule has 2 aromatic rings. The molecule has 0 unspecified atom stereocenters. The van der Waals surface area contributed by atoms with Crippen molar-refractivity contribution in [2.75, 3.05) is 0 Å². The van der Waals surface area contributed by atoms with Crippen molar-refractivity contribution >= 4 is 5.97 Å². The van der Waals surface area contributed by atoms with Crippen molar-refractivity contribution in [1.29, 1.82) is 0 Å². The quantitative estimate of drug-likeness (QED) is 0.903. The molecule has 0 atom stereocenters. The zero-order valence-corrected chi connectivity index (χ0v) is 10.5. The molecular weight excluding hydrogens is 244 g/mol. The second-order valence-electron chi connectivity index (χ2n) is 4.14. The maximum Gasteiger partial charge on any atom is 0.343 e. The van der Waals surface area contributed by atoms with E-state index < -0.39 is 11.5 Å². The Morgan fingerprint density at radius 2 is 2.00 bits per heavy atom. The van der Waals surface area contributed by atoms with E-state index in [1.165, 1.54) is 10.9 Å². The van der Waals surface area contributed by atoms with Gasteiger partial charge in [-0.2, -0.15) is 0 Å². The lowest BCUT2D eigenvalue weighted by Crippen LogP contribution is -2.29. The molecule has 2 rings (SSSR count). The summed E-state index contributed by atoms with van der Waals surface area (Å²) in [7, 11) is 0. The van der Waals surface area contributed by atoms with Gasteiger partial charge in [-0.3, -0.25) is 9.36 Å². The van der Waals surface area contributed by atoms with Crippen LogP contribution in [-0.2, 0) is 13.0 Å². The number of rotatable bonds is 4. The summed E-state index contributed by atoms with van der Waals surface area (Å²) in [6.07, 6.45) is 1.82. The van der Waals surface area contributed by atoms with Gasteiger partial charge in [0.1, 0.15) is 5.56 Å². The van der Waals surface area contributed by atoms with E-state index in [4.69, 9.17) is 5.11 Å². The minimum atomic E-state index is -1.23. The molecule has 1 N–H and O–H groups in total. The third kappa shape index (κ3) is 2.70. The highest BCUT2D eigenvalue weighted by Crippen LogP contribution is 2.04. The highest BCUT2D eigenvalue weighted by molar-refractivity contribution is 5.88. The van der Waals surface area contributed by atoms with Gasteiger partial charge < -0.3 is 5.11 Å². The molecule has 0 bridgehead atoms. The summed E-state index contributed by atoms with van der Waals surface area (Å²) in [5, 5.41) is 9.11. The minimum absolute atomic E-state index is 0.235. The number of benzene rings is 1. The number of aromatic carboxylic acids is 1. The molecule has 19 heavy (non-hydrogen) atoms. The first kappa shape index (κ1) is 13.0. The smallest absolute Gasteiger partial charge is 0.343 e. The molecule has 0 aliphatic rings. The molecule has 1 heterocycles. The molecule has 0 radical (unpaired) electrons. The Balaban J connectivity index is 2.46. The standard InChI is InChI=1S/C14H14N2O3/c1-2-11-12(14(18)19)13(17)16(9-15-11)8-10-6-4-3-5-7-10/h3-7,9H,2,8H2,1H3,(H,18,19). The topological polar surface area (TPSA) is 72.2 Å². The van der Waals surface area contributed by atoms with Crippen LogP contribution in [0.15, 0.2) is 41.5 Å². The van der Waals surface area contributed by atoms with Gasteiger partial charge in [-0.25, -0.2) is 9.78 Å². The normalized spacial score (nSPS) is 10.4. The summed E-state index contributed by atoms with van der Waals surface area (Å²) in [5.74, 6) is -1.23. The molecule has 1 aromatic heterocycles. The van der Waals surface area contributed by atoms with Crippen molar-refractivity contribution in [2.24, 2.45) is 0 Å². The molecule has 0 aliphatic carbocycles. The second-order valence-corrected chi connectivity index (χ2v) is 4.14. The number of nitrogens with zero attached hydrogens (tertiary/aromatic N) is 2. The maximum atomic E-state index is 12.1. The Morgan fingerprint density at radius 3 is 2.58 bits per heavy atom. The van der Waals surface area contributed by atoms with Crippen LogP contribution in [0.3, 0.4) is 0 Å². The predicted octanol–water partition coefficient (Wildman–Crippen LogP) is 1.55. The van der Waals surface area contributed by atoms with Gasteiger partial charge in [-0.1, -0.05) is 37.3 Å². The van der Waals surface area contributed by atoms with E-state index in [-0.39, 0.29) is 5.56 Å². The Bertz CT molecular complexity index is 647. The van der Waals surface area contributed by atoms with Gasteiger partial charge in [-0.05, 0) is 12.0 Å². The number of carbonyl (C=O) groups is 1. The highest BCUT2D eigenvalue weighted by atomic mass is 16.4. The number of carboxylic acids is 1. The van der Waals surface area contributed by atoms with E-state index in [9.17, 15) is 9.59 Å². The van der Waals surface area contributed by atoms with Crippen LogP contribution in [0.2, 0.25) is 0 Å². The highest BCUT2D eigenvalue weighted by Gasteiger charge is 2.17. The monoisotopic (exact) mass is 258 g/mol. The molecular formula is C14H14N2O3. The average Bonchev–Trinajstić information content (AvgIpc) is 2.41. The van der Waals surface area contributed by atoms with E-state index in [1.807, 2.05) is 30.3 Å². The van der Waals surface area contributed by atoms with E-state index in [1.54, 1.807) is 6.92 Å². The molecule has 0 aliphatic heterocycles. The lowest BCUT2D eigenvalue weighted by molar-refractivity contribution is 0.0692. The van der Waals surface area contributed by atoms with Gasteiger partial charge >= 0.3 is 5.97 Å². The fraction of sp³-hybridized carbons (Fsp3) is 0.214. The predicted molar refractivity (Wildman–Crippen MR) is 70.4 cm³/mol. The number of carboxylic acid groups (broad SMARTS) is 1. The number of aromatic nitrogens is 2. The van der Waals surface area contributed by atoms with Crippen LogP contribution in [0.4, 0.5) is 0 Å². The second kappa shape index (κ2) is 5.48. The molecule has 1 aromatic carbocycles. The first-order chi connectivity index (χ1) is 9.13. The van der Waals surface area contributed by atoms with Crippen LogP contribution in [0, 0.1) is 0 Å². The fourth-order valence-corrected chi connectivity index (χ4v) is 1.90. The van der Waals surface area contributed by atoms with Crippen LogP contribution in [0.5, 0.6) is 0 Å². The van der Waals surface area contributed by atoms with Crippen LogP contribution in [0.1, 0.15) is 28.5 Å². The molecule has 0 fully saturated rings. The van der Waals surface area contributed by atoms with Gasteiger partial charge in [0.2, 0.25) is 0 Å².